The van der Waals surface area contributed by atoms with Crippen LogP contribution in [0, 0.1) is 0 Å². The summed E-state index contributed by atoms with van der Waals surface area (Å²) in [6.45, 7) is 4.08. The zero-order valence-electron chi connectivity index (χ0n) is 15.6. The van der Waals surface area contributed by atoms with Crippen molar-refractivity contribution in [1.29, 1.82) is 0 Å². The maximum Gasteiger partial charge on any atom is 0.252 e. The number of hydrogen-bond acceptors (Lipinski definition) is 4. The van der Waals surface area contributed by atoms with E-state index in [0.717, 1.165) is 38.5 Å². The summed E-state index contributed by atoms with van der Waals surface area (Å²) < 4.78 is 11.6. The summed E-state index contributed by atoms with van der Waals surface area (Å²) in [6, 6.07) is 7.02. The van der Waals surface area contributed by atoms with E-state index in [9.17, 15) is 4.79 Å². The molecule has 2 unspecified atom stereocenters. The van der Waals surface area contributed by atoms with Gasteiger partial charge in [-0.05, 0) is 25.0 Å². The molecule has 2 saturated heterocycles. The summed E-state index contributed by atoms with van der Waals surface area (Å²) in [5.41, 5.74) is 0.483. The lowest BCUT2D eigenvalue weighted by molar-refractivity contribution is -0.0816. The Morgan fingerprint density at radius 2 is 2.00 bits per heavy atom. The van der Waals surface area contributed by atoms with Crippen molar-refractivity contribution in [1.82, 2.24) is 15.5 Å². The predicted octanol–water partition coefficient (Wildman–Crippen LogP) is 1.52. The first-order valence-corrected chi connectivity index (χ1v) is 9.78. The number of nitrogens with zero attached hydrogens (tertiary/aromatic N) is 2. The number of benzene rings is 1. The maximum atomic E-state index is 12.2. The molecule has 2 N–H and O–H groups in total. The van der Waals surface area contributed by atoms with E-state index in [0.29, 0.717) is 30.3 Å². The lowest BCUT2D eigenvalue weighted by atomic mass is 10.1. The minimum atomic E-state index is -0.179. The summed E-state index contributed by atoms with van der Waals surface area (Å²) in [4.78, 5) is 18.7. The third kappa shape index (κ3) is 5.34. The van der Waals surface area contributed by atoms with Gasteiger partial charge in [-0.1, -0.05) is 23.7 Å². The Bertz CT molecular complexity index is 664. The minimum Gasteiger partial charge on any atom is -0.375 e. The molecule has 2 atom stereocenters. The van der Waals surface area contributed by atoms with Gasteiger partial charge in [0.25, 0.3) is 5.91 Å². The van der Waals surface area contributed by atoms with Crippen molar-refractivity contribution in [2.75, 3.05) is 46.4 Å². The largest absolute Gasteiger partial charge is 0.375 e. The molecule has 2 aliphatic heterocycles. The third-order valence-corrected chi connectivity index (χ3v) is 5.13. The van der Waals surface area contributed by atoms with Gasteiger partial charge in [0.1, 0.15) is 6.10 Å². The van der Waals surface area contributed by atoms with Crippen LogP contribution in [0.5, 0.6) is 0 Å². The molecule has 148 valence electrons. The van der Waals surface area contributed by atoms with E-state index in [1.54, 1.807) is 31.3 Å². The molecule has 2 fully saturated rings. The molecule has 1 amide bonds. The molecule has 27 heavy (non-hydrogen) atoms. The van der Waals surface area contributed by atoms with Crippen molar-refractivity contribution >= 4 is 23.5 Å². The molecule has 0 radical (unpaired) electrons. The van der Waals surface area contributed by atoms with Crippen LogP contribution in [-0.2, 0) is 9.47 Å². The standard InChI is InChI=1S/C19H27ClN4O3/c1-21-19(24-10-12-27-17(13-24)16-7-4-11-26-16)23-9-8-22-18(25)14-5-2-3-6-15(14)20/h2-3,5-6,16-17H,4,7-13H2,1H3,(H,21,23)(H,22,25). The predicted molar refractivity (Wildman–Crippen MR) is 105 cm³/mol. The summed E-state index contributed by atoms with van der Waals surface area (Å²) in [5, 5.41) is 6.63. The van der Waals surface area contributed by atoms with Gasteiger partial charge in [-0.3, -0.25) is 9.79 Å². The highest BCUT2D eigenvalue weighted by atomic mass is 35.5. The fourth-order valence-corrected chi connectivity index (χ4v) is 3.63. The Morgan fingerprint density at radius 3 is 2.74 bits per heavy atom. The van der Waals surface area contributed by atoms with Crippen molar-refractivity contribution in [3.8, 4) is 0 Å². The van der Waals surface area contributed by atoms with Gasteiger partial charge in [-0.25, -0.2) is 0 Å². The van der Waals surface area contributed by atoms with Crippen LogP contribution in [0.3, 0.4) is 0 Å². The van der Waals surface area contributed by atoms with Crippen LogP contribution in [0.2, 0.25) is 5.02 Å². The first-order valence-electron chi connectivity index (χ1n) is 9.40. The first kappa shape index (κ1) is 19.9. The number of amides is 1. The van der Waals surface area contributed by atoms with Gasteiger partial charge in [-0.15, -0.1) is 0 Å². The number of halogens is 1. The number of aliphatic imine (C=N–C) groups is 1. The Labute approximate surface area is 165 Å². The summed E-state index contributed by atoms with van der Waals surface area (Å²) in [6.07, 6.45) is 2.42. The van der Waals surface area contributed by atoms with Crippen LogP contribution < -0.4 is 10.6 Å². The topological polar surface area (TPSA) is 75.2 Å². The smallest absolute Gasteiger partial charge is 0.252 e. The second-order valence-corrected chi connectivity index (χ2v) is 7.02. The van der Waals surface area contributed by atoms with E-state index in [-0.39, 0.29) is 18.1 Å². The van der Waals surface area contributed by atoms with Gasteiger partial charge >= 0.3 is 0 Å². The second kappa shape index (κ2) is 9.92. The normalized spacial score (nSPS) is 23.3. The van der Waals surface area contributed by atoms with E-state index in [2.05, 4.69) is 20.5 Å². The Kier molecular flexibility index (Phi) is 7.32. The monoisotopic (exact) mass is 394 g/mol. The van der Waals surface area contributed by atoms with Crippen LogP contribution >= 0.6 is 11.6 Å². The molecule has 2 aliphatic rings. The van der Waals surface area contributed by atoms with Gasteiger partial charge in [0.05, 0.1) is 23.3 Å². The second-order valence-electron chi connectivity index (χ2n) is 6.62. The number of nitrogens with one attached hydrogen (secondary N) is 2. The summed E-state index contributed by atoms with van der Waals surface area (Å²) in [5.74, 6) is 0.635. The van der Waals surface area contributed by atoms with Crippen molar-refractivity contribution in [3.05, 3.63) is 34.9 Å². The molecule has 1 aromatic carbocycles. The van der Waals surface area contributed by atoms with Crippen LogP contribution in [0.25, 0.3) is 0 Å². The Morgan fingerprint density at radius 1 is 1.22 bits per heavy atom. The third-order valence-electron chi connectivity index (χ3n) is 4.80. The van der Waals surface area contributed by atoms with E-state index in [1.807, 2.05) is 0 Å². The molecule has 1 aromatic rings. The average Bonchev–Trinajstić information content (AvgIpc) is 3.23. The Hall–Kier alpha value is -1.83. The first-order chi connectivity index (χ1) is 13.2. The van der Waals surface area contributed by atoms with Crippen LogP contribution in [0.1, 0.15) is 23.2 Å². The maximum absolute atomic E-state index is 12.2. The van der Waals surface area contributed by atoms with Gasteiger partial charge in [0, 0.05) is 39.8 Å². The average molecular weight is 395 g/mol. The molecule has 3 rings (SSSR count). The van der Waals surface area contributed by atoms with Crippen molar-refractivity contribution in [3.63, 3.8) is 0 Å². The van der Waals surface area contributed by atoms with E-state index >= 15 is 0 Å². The lowest BCUT2D eigenvalue weighted by Gasteiger charge is -2.37. The molecular weight excluding hydrogens is 368 g/mol. The number of ether oxygens (including phenoxy) is 2. The van der Waals surface area contributed by atoms with Crippen molar-refractivity contribution < 1.29 is 14.3 Å². The highest BCUT2D eigenvalue weighted by Gasteiger charge is 2.32. The zero-order chi connectivity index (χ0) is 19.1. The number of hydrogen-bond donors (Lipinski definition) is 2. The molecule has 8 heteroatoms. The molecular formula is C19H27ClN4O3. The molecule has 7 nitrogen and oxygen atoms in total. The molecule has 0 aliphatic carbocycles. The van der Waals surface area contributed by atoms with E-state index in [4.69, 9.17) is 21.1 Å². The highest BCUT2D eigenvalue weighted by molar-refractivity contribution is 6.33. The zero-order valence-corrected chi connectivity index (χ0v) is 16.4. The Balaban J connectivity index is 1.43. The summed E-state index contributed by atoms with van der Waals surface area (Å²) >= 11 is 6.05. The number of rotatable bonds is 5. The minimum absolute atomic E-state index is 0.0831. The number of carbonyl (C=O) groups is 1. The molecule has 0 aromatic heterocycles. The van der Waals surface area contributed by atoms with Crippen LogP contribution in [-0.4, -0.2) is 75.4 Å². The highest BCUT2D eigenvalue weighted by Crippen LogP contribution is 2.21. The lowest BCUT2D eigenvalue weighted by Crippen LogP contribution is -2.54. The quantitative estimate of drug-likeness (QED) is 0.450. The SMILES string of the molecule is CN=C(NCCNC(=O)c1ccccc1Cl)N1CCOC(C2CCCO2)C1. The molecule has 0 saturated carbocycles. The summed E-state index contributed by atoms with van der Waals surface area (Å²) in [7, 11) is 1.77. The van der Waals surface area contributed by atoms with Gasteiger partial charge in [0.15, 0.2) is 5.96 Å². The van der Waals surface area contributed by atoms with Crippen LogP contribution in [0.15, 0.2) is 29.3 Å². The van der Waals surface area contributed by atoms with E-state index < -0.39 is 0 Å². The van der Waals surface area contributed by atoms with Crippen molar-refractivity contribution in [2.24, 2.45) is 4.99 Å². The number of morpholine rings is 1. The van der Waals surface area contributed by atoms with Crippen molar-refractivity contribution in [2.45, 2.75) is 25.0 Å². The molecule has 0 bridgehead atoms. The molecule has 2 heterocycles. The van der Waals surface area contributed by atoms with Crippen LogP contribution in [0.4, 0.5) is 0 Å². The van der Waals surface area contributed by atoms with E-state index in [1.165, 1.54) is 0 Å². The fourth-order valence-electron chi connectivity index (χ4n) is 3.41. The molecule has 0 spiro atoms. The van der Waals surface area contributed by atoms with Gasteiger partial charge in [0.2, 0.25) is 0 Å². The van der Waals surface area contributed by atoms with Gasteiger partial charge < -0.3 is 25.0 Å². The number of guanidine groups is 1. The van der Waals surface area contributed by atoms with Gasteiger partial charge in [-0.2, -0.15) is 0 Å². The fraction of sp³-hybridized carbons (Fsp3) is 0.579. The number of carbonyl (C=O) groups excluding carboxylic acids is 1.